The topological polar surface area (TPSA) is 49.9 Å². The van der Waals surface area contributed by atoms with Gasteiger partial charge in [0.05, 0.1) is 11.9 Å². The maximum Gasteiger partial charge on any atom is 0.387 e. The van der Waals surface area contributed by atoms with Crippen molar-refractivity contribution in [3.63, 3.8) is 0 Å². The Kier molecular flexibility index (Phi) is 3.88. The van der Waals surface area contributed by atoms with Gasteiger partial charge in [0.2, 0.25) is 0 Å². The molecule has 0 unspecified atom stereocenters. The summed E-state index contributed by atoms with van der Waals surface area (Å²) in [6.45, 7) is -2.18. The van der Waals surface area contributed by atoms with E-state index in [0.717, 1.165) is 16.8 Å². The summed E-state index contributed by atoms with van der Waals surface area (Å²) in [5, 5.41) is 9.82. The van der Waals surface area contributed by atoms with E-state index in [9.17, 15) is 8.78 Å². The smallest absolute Gasteiger partial charge is 0.387 e. The highest BCUT2D eigenvalue weighted by Crippen LogP contribution is 2.25. The van der Waals surface area contributed by atoms with E-state index < -0.39 is 6.61 Å². The van der Waals surface area contributed by atoms with E-state index in [0.29, 0.717) is 6.54 Å². The lowest BCUT2D eigenvalue weighted by Gasteiger charge is -2.07. The van der Waals surface area contributed by atoms with Crippen molar-refractivity contribution >= 4 is 0 Å². The number of nitrogens with one attached hydrogen (secondary N) is 2. The van der Waals surface area contributed by atoms with Crippen LogP contribution in [-0.4, -0.2) is 23.9 Å². The summed E-state index contributed by atoms with van der Waals surface area (Å²) in [7, 11) is 1.83. The molecule has 0 amide bonds. The van der Waals surface area contributed by atoms with E-state index in [1.165, 1.54) is 6.07 Å². The first-order valence-corrected chi connectivity index (χ1v) is 5.43. The van der Waals surface area contributed by atoms with Crippen LogP contribution in [0.5, 0.6) is 5.75 Å². The number of alkyl halides is 2. The van der Waals surface area contributed by atoms with Crippen LogP contribution in [0.4, 0.5) is 8.78 Å². The Labute approximate surface area is 103 Å². The number of ether oxygens (including phenoxy) is 1. The molecule has 96 valence electrons. The predicted octanol–water partition coefficient (Wildman–Crippen LogP) is 2.40. The molecule has 0 saturated heterocycles. The summed E-state index contributed by atoms with van der Waals surface area (Å²) in [6, 6.07) is 6.52. The van der Waals surface area contributed by atoms with Gasteiger partial charge in [0, 0.05) is 17.7 Å². The van der Waals surface area contributed by atoms with Crippen molar-refractivity contribution < 1.29 is 13.5 Å². The highest BCUT2D eigenvalue weighted by atomic mass is 19.3. The molecule has 0 aliphatic carbocycles. The number of H-pyrrole nitrogens is 1. The molecule has 0 aliphatic rings. The van der Waals surface area contributed by atoms with Crippen LogP contribution >= 0.6 is 0 Å². The second-order valence-electron chi connectivity index (χ2n) is 3.71. The lowest BCUT2D eigenvalue weighted by atomic mass is 10.1. The molecule has 0 aliphatic heterocycles. The SMILES string of the molecule is CNCc1cn[nH]c1-c1cccc(OC(F)F)c1. The molecular weight excluding hydrogens is 240 g/mol. The van der Waals surface area contributed by atoms with E-state index in [1.54, 1.807) is 18.3 Å². The van der Waals surface area contributed by atoms with E-state index in [1.807, 2.05) is 13.1 Å². The zero-order valence-corrected chi connectivity index (χ0v) is 9.78. The van der Waals surface area contributed by atoms with Crippen molar-refractivity contribution in [3.05, 3.63) is 36.0 Å². The van der Waals surface area contributed by atoms with Gasteiger partial charge in [-0.2, -0.15) is 13.9 Å². The molecule has 1 aromatic carbocycles. The molecule has 4 nitrogen and oxygen atoms in total. The van der Waals surface area contributed by atoms with Crippen LogP contribution in [0.25, 0.3) is 11.3 Å². The molecule has 1 heterocycles. The number of rotatable bonds is 5. The van der Waals surface area contributed by atoms with Crippen LogP contribution < -0.4 is 10.1 Å². The second-order valence-corrected chi connectivity index (χ2v) is 3.71. The molecule has 2 N–H and O–H groups in total. The summed E-state index contributed by atoms with van der Waals surface area (Å²) in [5.74, 6) is 0.132. The number of benzene rings is 1. The third-order valence-corrected chi connectivity index (χ3v) is 2.43. The Morgan fingerprint density at radius 2 is 2.28 bits per heavy atom. The lowest BCUT2D eigenvalue weighted by Crippen LogP contribution is -2.05. The average Bonchev–Trinajstić information content (AvgIpc) is 2.77. The van der Waals surface area contributed by atoms with Gasteiger partial charge in [-0.25, -0.2) is 0 Å². The Hall–Kier alpha value is -1.95. The molecule has 0 saturated carbocycles. The normalized spacial score (nSPS) is 10.9. The third-order valence-electron chi connectivity index (χ3n) is 2.43. The van der Waals surface area contributed by atoms with Crippen molar-refractivity contribution in [2.45, 2.75) is 13.2 Å². The first kappa shape index (κ1) is 12.5. The van der Waals surface area contributed by atoms with Crippen LogP contribution in [0.3, 0.4) is 0 Å². The van der Waals surface area contributed by atoms with Crippen molar-refractivity contribution in [3.8, 4) is 17.0 Å². The lowest BCUT2D eigenvalue weighted by molar-refractivity contribution is -0.0498. The van der Waals surface area contributed by atoms with Crippen LogP contribution in [0, 0.1) is 0 Å². The first-order chi connectivity index (χ1) is 8.70. The zero-order valence-electron chi connectivity index (χ0n) is 9.78. The number of hydrogen-bond donors (Lipinski definition) is 2. The molecule has 0 spiro atoms. The average molecular weight is 253 g/mol. The van der Waals surface area contributed by atoms with Crippen molar-refractivity contribution in [2.24, 2.45) is 0 Å². The molecule has 0 radical (unpaired) electrons. The van der Waals surface area contributed by atoms with Gasteiger partial charge in [-0.15, -0.1) is 0 Å². The van der Waals surface area contributed by atoms with Crippen LogP contribution in [0.1, 0.15) is 5.56 Å². The van der Waals surface area contributed by atoms with Crippen molar-refractivity contribution in [1.82, 2.24) is 15.5 Å². The molecule has 18 heavy (non-hydrogen) atoms. The van der Waals surface area contributed by atoms with Crippen LogP contribution in [-0.2, 0) is 6.54 Å². The van der Waals surface area contributed by atoms with Crippen LogP contribution in [0.2, 0.25) is 0 Å². The Morgan fingerprint density at radius 1 is 1.44 bits per heavy atom. The van der Waals surface area contributed by atoms with E-state index in [-0.39, 0.29) is 5.75 Å². The Bertz CT molecular complexity index is 514. The van der Waals surface area contributed by atoms with Gasteiger partial charge in [0.1, 0.15) is 5.75 Å². The summed E-state index contributed by atoms with van der Waals surface area (Å²) in [5.41, 5.74) is 2.52. The number of aromatic nitrogens is 2. The quantitative estimate of drug-likeness (QED) is 0.860. The minimum atomic E-state index is -2.82. The van der Waals surface area contributed by atoms with Gasteiger partial charge < -0.3 is 10.1 Å². The van der Waals surface area contributed by atoms with Gasteiger partial charge in [0.25, 0.3) is 0 Å². The molecule has 1 aromatic heterocycles. The third kappa shape index (κ3) is 2.84. The highest BCUT2D eigenvalue weighted by molar-refractivity contribution is 5.64. The molecule has 0 fully saturated rings. The number of nitrogens with zero attached hydrogens (tertiary/aromatic N) is 1. The fourth-order valence-corrected chi connectivity index (χ4v) is 1.71. The molecule has 2 aromatic rings. The fraction of sp³-hybridized carbons (Fsp3) is 0.250. The van der Waals surface area contributed by atoms with E-state index in [2.05, 4.69) is 20.3 Å². The fourth-order valence-electron chi connectivity index (χ4n) is 1.71. The standard InChI is InChI=1S/C12H13F2N3O/c1-15-6-9-7-16-17-11(9)8-3-2-4-10(5-8)18-12(13)14/h2-5,7,12,15H,6H2,1H3,(H,16,17). The summed E-state index contributed by atoms with van der Waals surface area (Å²) >= 11 is 0. The molecule has 6 heteroatoms. The van der Waals surface area contributed by atoms with Gasteiger partial charge in [-0.05, 0) is 19.2 Å². The molecule has 0 atom stereocenters. The number of halogens is 2. The van der Waals surface area contributed by atoms with Gasteiger partial charge in [-0.1, -0.05) is 12.1 Å². The minimum Gasteiger partial charge on any atom is -0.435 e. The summed E-state index contributed by atoms with van der Waals surface area (Å²) < 4.78 is 28.7. The minimum absolute atomic E-state index is 0.132. The predicted molar refractivity (Wildman–Crippen MR) is 63.4 cm³/mol. The van der Waals surface area contributed by atoms with Gasteiger partial charge in [-0.3, -0.25) is 5.10 Å². The number of hydrogen-bond acceptors (Lipinski definition) is 3. The summed E-state index contributed by atoms with van der Waals surface area (Å²) in [4.78, 5) is 0. The Morgan fingerprint density at radius 3 is 3.00 bits per heavy atom. The van der Waals surface area contributed by atoms with E-state index >= 15 is 0 Å². The molecular formula is C12H13F2N3O. The monoisotopic (exact) mass is 253 g/mol. The maximum absolute atomic E-state index is 12.1. The largest absolute Gasteiger partial charge is 0.435 e. The summed E-state index contributed by atoms with van der Waals surface area (Å²) in [6.07, 6.45) is 1.70. The zero-order chi connectivity index (χ0) is 13.0. The maximum atomic E-state index is 12.1. The van der Waals surface area contributed by atoms with Crippen molar-refractivity contribution in [1.29, 1.82) is 0 Å². The molecule has 2 rings (SSSR count). The second kappa shape index (κ2) is 5.59. The Balaban J connectivity index is 2.29. The first-order valence-electron chi connectivity index (χ1n) is 5.43. The molecule has 0 bridgehead atoms. The van der Waals surface area contributed by atoms with Crippen molar-refractivity contribution in [2.75, 3.05) is 7.05 Å². The van der Waals surface area contributed by atoms with E-state index in [4.69, 9.17) is 0 Å². The van der Waals surface area contributed by atoms with Crippen LogP contribution in [0.15, 0.2) is 30.5 Å². The van der Waals surface area contributed by atoms with Gasteiger partial charge >= 0.3 is 6.61 Å². The number of aromatic amines is 1. The van der Waals surface area contributed by atoms with Gasteiger partial charge in [0.15, 0.2) is 0 Å². The highest BCUT2D eigenvalue weighted by Gasteiger charge is 2.09.